The molecule has 6 N–H and O–H groups in total. The first-order chi connectivity index (χ1) is 21.7. The van der Waals surface area contributed by atoms with E-state index in [0.717, 1.165) is 38.5 Å². The molecule has 45 heavy (non-hydrogen) atoms. The van der Waals surface area contributed by atoms with Gasteiger partial charge in [0, 0.05) is 12.8 Å². The number of hydrogen-bond acceptors (Lipinski definition) is 9. The summed E-state index contributed by atoms with van der Waals surface area (Å²) in [6, 6.07) is -1.08. The summed E-state index contributed by atoms with van der Waals surface area (Å²) >= 11 is 0. The minimum Gasteiger partial charge on any atom is -0.466 e. The number of carbonyl (C=O) groups is 3. The molecule has 0 saturated carbocycles. The van der Waals surface area contributed by atoms with Gasteiger partial charge in [-0.15, -0.1) is 0 Å². The molecule has 266 valence electrons. The van der Waals surface area contributed by atoms with Gasteiger partial charge in [0.05, 0.1) is 19.3 Å². The van der Waals surface area contributed by atoms with Gasteiger partial charge in [0.1, 0.15) is 18.3 Å². The van der Waals surface area contributed by atoms with Crippen molar-refractivity contribution in [3.05, 3.63) is 0 Å². The summed E-state index contributed by atoms with van der Waals surface area (Å²) in [6.07, 6.45) is 14.8. The first-order valence-electron chi connectivity index (χ1n) is 18.0. The molecule has 10 nitrogen and oxygen atoms in total. The Labute approximate surface area is 272 Å². The van der Waals surface area contributed by atoms with Crippen LogP contribution in [-0.4, -0.2) is 86.9 Å². The lowest BCUT2D eigenvalue weighted by molar-refractivity contribution is -0.151. The van der Waals surface area contributed by atoms with Crippen LogP contribution in [0.15, 0.2) is 0 Å². The Kier molecular flexibility index (Phi) is 28.7. The van der Waals surface area contributed by atoms with E-state index in [4.69, 9.17) is 9.84 Å². The van der Waals surface area contributed by atoms with Crippen LogP contribution in [0.25, 0.3) is 0 Å². The molecule has 0 aromatic heterocycles. The average molecular weight is 646 g/mol. The van der Waals surface area contributed by atoms with Crippen molar-refractivity contribution in [3.8, 4) is 0 Å². The van der Waals surface area contributed by atoms with Crippen LogP contribution in [0.1, 0.15) is 162 Å². The predicted molar refractivity (Wildman–Crippen MR) is 177 cm³/mol. The molecular formula is C35H67NO9. The number of esters is 1. The molecule has 0 rings (SSSR count). The molecule has 0 spiro atoms. The quantitative estimate of drug-likeness (QED) is 0.0433. The Morgan fingerprint density at radius 1 is 0.600 bits per heavy atom. The van der Waals surface area contributed by atoms with Gasteiger partial charge < -0.3 is 35.6 Å². The molecule has 1 amide bonds. The molecule has 0 fully saturated rings. The molecule has 0 aliphatic rings. The summed E-state index contributed by atoms with van der Waals surface area (Å²) < 4.78 is 5.34. The Morgan fingerprint density at radius 3 is 1.51 bits per heavy atom. The molecule has 0 aromatic rings. The van der Waals surface area contributed by atoms with Gasteiger partial charge in [-0.1, -0.05) is 129 Å². The number of unbranched alkanes of at least 4 members (excludes halogenated alkanes) is 18. The van der Waals surface area contributed by atoms with Crippen molar-refractivity contribution in [1.82, 2.24) is 5.32 Å². The maximum Gasteiger partial charge on any atom is 0.305 e. The van der Waals surface area contributed by atoms with Crippen LogP contribution in [0.3, 0.4) is 0 Å². The maximum absolute atomic E-state index is 13.0. The minimum absolute atomic E-state index is 0.0240. The number of aliphatic hydroxyl groups is 5. The van der Waals surface area contributed by atoms with Gasteiger partial charge >= 0.3 is 5.97 Å². The largest absolute Gasteiger partial charge is 0.466 e. The zero-order valence-electron chi connectivity index (χ0n) is 28.4. The van der Waals surface area contributed by atoms with Crippen LogP contribution in [0.4, 0.5) is 0 Å². The fourth-order valence-corrected chi connectivity index (χ4v) is 5.32. The minimum atomic E-state index is -2.16. The van der Waals surface area contributed by atoms with Gasteiger partial charge in [0.2, 0.25) is 0 Å². The standard InChI is InChI=1S/C35H67NO9/c1-3-5-7-9-11-13-15-17-19-21-23-29(38)28(36-35(44)34(43)33(42)32(41)30(39)27-37)24-25-31(40)45-26-22-20-18-16-14-12-10-8-6-4-2/h28,30,32-34,37,39,41-43H,3-27H2,1-2H3,(H,36,44). The smallest absolute Gasteiger partial charge is 0.305 e. The molecule has 0 aromatic carbocycles. The predicted octanol–water partition coefficient (Wildman–Crippen LogP) is 5.03. The van der Waals surface area contributed by atoms with Crippen LogP contribution in [0, 0.1) is 0 Å². The van der Waals surface area contributed by atoms with E-state index < -0.39 is 48.9 Å². The summed E-state index contributed by atoms with van der Waals surface area (Å²) in [5.41, 5.74) is 0. The molecule has 0 aliphatic carbocycles. The molecule has 0 heterocycles. The highest BCUT2D eigenvalue weighted by Gasteiger charge is 2.35. The average Bonchev–Trinajstić information content (AvgIpc) is 3.04. The Balaban J connectivity index is 4.66. The number of carbonyl (C=O) groups excluding carboxylic acids is 3. The van der Waals surface area contributed by atoms with Crippen LogP contribution in [0.2, 0.25) is 0 Å². The summed E-state index contributed by atoms with van der Waals surface area (Å²) in [5.74, 6) is -1.88. The summed E-state index contributed by atoms with van der Waals surface area (Å²) in [4.78, 5) is 38.1. The number of rotatable bonds is 32. The van der Waals surface area contributed by atoms with Crippen molar-refractivity contribution in [2.24, 2.45) is 0 Å². The van der Waals surface area contributed by atoms with Gasteiger partial charge in [0.25, 0.3) is 5.91 Å². The zero-order valence-corrected chi connectivity index (χ0v) is 28.4. The maximum atomic E-state index is 13.0. The van der Waals surface area contributed by atoms with E-state index in [2.05, 4.69) is 19.2 Å². The van der Waals surface area contributed by atoms with Gasteiger partial charge in [0.15, 0.2) is 11.9 Å². The highest BCUT2D eigenvalue weighted by Crippen LogP contribution is 2.14. The molecule has 5 atom stereocenters. The van der Waals surface area contributed by atoms with Crippen molar-refractivity contribution in [1.29, 1.82) is 0 Å². The van der Waals surface area contributed by atoms with E-state index in [9.17, 15) is 34.8 Å². The van der Waals surface area contributed by atoms with E-state index in [1.165, 1.54) is 83.5 Å². The van der Waals surface area contributed by atoms with E-state index in [1.54, 1.807) is 0 Å². The first-order valence-corrected chi connectivity index (χ1v) is 18.0. The van der Waals surface area contributed by atoms with Crippen LogP contribution < -0.4 is 5.32 Å². The van der Waals surface area contributed by atoms with Crippen LogP contribution in [-0.2, 0) is 19.1 Å². The molecule has 0 radical (unpaired) electrons. The second-order valence-corrected chi connectivity index (χ2v) is 12.6. The summed E-state index contributed by atoms with van der Waals surface area (Å²) in [6.45, 7) is 3.83. The van der Waals surface area contributed by atoms with E-state index in [1.807, 2.05) is 0 Å². The van der Waals surface area contributed by atoms with Crippen molar-refractivity contribution in [2.45, 2.75) is 192 Å². The second kappa shape index (κ2) is 29.8. The third-order valence-electron chi connectivity index (χ3n) is 8.40. The molecule has 0 saturated heterocycles. The molecule has 0 aliphatic heterocycles. The SMILES string of the molecule is CCCCCCCCCCCCOC(=O)CCC(NC(=O)C(O)C(O)C(O)C(O)CO)C(=O)CCCCCCCCCCCC. The third kappa shape index (κ3) is 23.4. The van der Waals surface area contributed by atoms with E-state index >= 15 is 0 Å². The third-order valence-corrected chi connectivity index (χ3v) is 8.40. The molecule has 5 unspecified atom stereocenters. The second-order valence-electron chi connectivity index (χ2n) is 12.6. The Hall–Kier alpha value is -1.59. The fraction of sp³-hybridized carbons (Fsp3) is 0.914. The number of hydrogen-bond donors (Lipinski definition) is 6. The Morgan fingerprint density at radius 2 is 1.04 bits per heavy atom. The lowest BCUT2D eigenvalue weighted by atomic mass is 9.98. The first kappa shape index (κ1) is 43.4. The normalized spacial score (nSPS) is 14.8. The van der Waals surface area contributed by atoms with E-state index in [-0.39, 0.29) is 25.0 Å². The molecule has 10 heteroatoms. The number of amides is 1. The van der Waals surface area contributed by atoms with Crippen molar-refractivity contribution < 1.29 is 44.7 Å². The number of ether oxygens (including phenoxy) is 1. The lowest BCUT2D eigenvalue weighted by Crippen LogP contribution is -2.54. The van der Waals surface area contributed by atoms with Gasteiger partial charge in [-0.05, 0) is 19.3 Å². The van der Waals surface area contributed by atoms with Crippen LogP contribution >= 0.6 is 0 Å². The topological polar surface area (TPSA) is 174 Å². The zero-order chi connectivity index (χ0) is 33.7. The summed E-state index contributed by atoms with van der Waals surface area (Å²) in [5, 5.41) is 51.1. The highest BCUT2D eigenvalue weighted by molar-refractivity contribution is 5.91. The molecule has 0 bridgehead atoms. The van der Waals surface area contributed by atoms with Crippen LogP contribution in [0.5, 0.6) is 0 Å². The van der Waals surface area contributed by atoms with Crippen molar-refractivity contribution >= 4 is 17.7 Å². The monoisotopic (exact) mass is 645 g/mol. The summed E-state index contributed by atoms with van der Waals surface area (Å²) in [7, 11) is 0. The number of aliphatic hydroxyl groups excluding tert-OH is 5. The molecular weight excluding hydrogens is 578 g/mol. The number of ketones is 1. The van der Waals surface area contributed by atoms with E-state index in [0.29, 0.717) is 13.0 Å². The van der Waals surface area contributed by atoms with Crippen molar-refractivity contribution in [3.63, 3.8) is 0 Å². The Bertz CT molecular complexity index is 736. The van der Waals surface area contributed by atoms with Crippen molar-refractivity contribution in [2.75, 3.05) is 13.2 Å². The van der Waals surface area contributed by atoms with Gasteiger partial charge in [-0.25, -0.2) is 0 Å². The fourth-order valence-electron chi connectivity index (χ4n) is 5.32. The lowest BCUT2D eigenvalue weighted by Gasteiger charge is -2.26. The number of nitrogens with one attached hydrogen (secondary N) is 1. The van der Waals surface area contributed by atoms with Gasteiger partial charge in [-0.2, -0.15) is 0 Å². The highest BCUT2D eigenvalue weighted by atomic mass is 16.5. The van der Waals surface area contributed by atoms with Gasteiger partial charge in [-0.3, -0.25) is 14.4 Å². The number of Topliss-reactive ketones (excluding diaryl/α,β-unsaturated/α-hetero) is 1.